The lowest BCUT2D eigenvalue weighted by molar-refractivity contribution is -0.134. The third kappa shape index (κ3) is 4.86. The van der Waals surface area contributed by atoms with E-state index in [1.54, 1.807) is 11.8 Å². The quantitative estimate of drug-likeness (QED) is 0.734. The summed E-state index contributed by atoms with van der Waals surface area (Å²) in [4.78, 5) is 13.6. The van der Waals surface area contributed by atoms with Gasteiger partial charge in [0.25, 0.3) is 0 Å². The minimum atomic E-state index is 0.186. The van der Waals surface area contributed by atoms with Crippen LogP contribution >= 0.6 is 11.8 Å². The summed E-state index contributed by atoms with van der Waals surface area (Å²) in [5.74, 6) is 1.22. The maximum absolute atomic E-state index is 11.7. The van der Waals surface area contributed by atoms with E-state index in [0.717, 1.165) is 18.8 Å². The average Bonchev–Trinajstić information content (AvgIpc) is 2.27. The van der Waals surface area contributed by atoms with Crippen LogP contribution in [0.3, 0.4) is 0 Å². The fraction of sp³-hybridized carbons (Fsp3) is 0.900. The van der Waals surface area contributed by atoms with Gasteiger partial charge in [0, 0.05) is 24.9 Å². The molecular weight excluding hydrogens is 212 g/mol. The van der Waals surface area contributed by atoms with Gasteiger partial charge < -0.3 is 15.0 Å². The van der Waals surface area contributed by atoms with Crippen molar-refractivity contribution in [2.24, 2.45) is 0 Å². The molecule has 5 heteroatoms. The Morgan fingerprint density at radius 2 is 2.20 bits per heavy atom. The molecule has 88 valence electrons. The summed E-state index contributed by atoms with van der Waals surface area (Å²) >= 11 is 1.79. The lowest BCUT2D eigenvalue weighted by atomic mass is 10.3. The Kier molecular flexibility index (Phi) is 6.05. The molecule has 0 aromatic carbocycles. The first kappa shape index (κ1) is 12.8. The molecule has 1 unspecified atom stereocenters. The van der Waals surface area contributed by atoms with Crippen molar-refractivity contribution in [1.29, 1.82) is 0 Å². The van der Waals surface area contributed by atoms with E-state index in [0.29, 0.717) is 25.8 Å². The third-order valence-corrected chi connectivity index (χ3v) is 3.22. The predicted octanol–water partition coefficient (Wildman–Crippen LogP) is 0.186. The Bertz CT molecular complexity index is 196. The molecule has 1 N–H and O–H groups in total. The Morgan fingerprint density at radius 1 is 1.53 bits per heavy atom. The second-order valence-corrected chi connectivity index (χ2v) is 4.64. The molecule has 1 rings (SSSR count). The van der Waals surface area contributed by atoms with Gasteiger partial charge in [0.1, 0.15) is 0 Å². The molecule has 1 aliphatic heterocycles. The van der Waals surface area contributed by atoms with Crippen molar-refractivity contribution in [3.05, 3.63) is 0 Å². The summed E-state index contributed by atoms with van der Waals surface area (Å²) in [6, 6.07) is 0.394. The molecule has 0 spiro atoms. The average molecular weight is 232 g/mol. The minimum absolute atomic E-state index is 0.186. The number of thioether (sulfide) groups is 1. The summed E-state index contributed by atoms with van der Waals surface area (Å²) in [7, 11) is 0. The number of nitrogens with one attached hydrogen (secondary N) is 1. The molecule has 1 amide bonds. The number of carbonyl (C=O) groups is 1. The third-order valence-electron chi connectivity index (χ3n) is 2.38. The standard InChI is InChI=1S/C10H20N2O2S/c1-9(8-15-2)11-7-10(13)12-3-5-14-6-4-12/h9,11H,3-8H2,1-2H3. The molecule has 0 aromatic heterocycles. The Hall–Kier alpha value is -0.260. The molecule has 1 aliphatic rings. The number of ether oxygens (including phenoxy) is 1. The van der Waals surface area contributed by atoms with Crippen molar-refractivity contribution in [2.45, 2.75) is 13.0 Å². The number of morpholine rings is 1. The minimum Gasteiger partial charge on any atom is -0.378 e. The molecule has 0 aliphatic carbocycles. The van der Waals surface area contributed by atoms with Gasteiger partial charge in [-0.2, -0.15) is 11.8 Å². The molecule has 15 heavy (non-hydrogen) atoms. The number of hydrogen-bond acceptors (Lipinski definition) is 4. The zero-order chi connectivity index (χ0) is 11.1. The second-order valence-electron chi connectivity index (χ2n) is 3.73. The topological polar surface area (TPSA) is 41.6 Å². The van der Waals surface area contributed by atoms with E-state index in [2.05, 4.69) is 18.5 Å². The molecule has 1 heterocycles. The van der Waals surface area contributed by atoms with Gasteiger partial charge in [-0.3, -0.25) is 4.79 Å². The van der Waals surface area contributed by atoms with E-state index in [-0.39, 0.29) is 5.91 Å². The van der Waals surface area contributed by atoms with Crippen LogP contribution in [0.5, 0.6) is 0 Å². The maximum Gasteiger partial charge on any atom is 0.236 e. The van der Waals surface area contributed by atoms with Crippen LogP contribution in [0.15, 0.2) is 0 Å². The Morgan fingerprint density at radius 3 is 2.80 bits per heavy atom. The monoisotopic (exact) mass is 232 g/mol. The van der Waals surface area contributed by atoms with Gasteiger partial charge in [0.15, 0.2) is 0 Å². The summed E-state index contributed by atoms with van der Waals surface area (Å²) in [6.07, 6.45) is 2.07. The normalized spacial score (nSPS) is 18.9. The highest BCUT2D eigenvalue weighted by atomic mass is 32.2. The molecule has 1 atom stereocenters. The summed E-state index contributed by atoms with van der Waals surface area (Å²) in [5.41, 5.74) is 0. The molecule has 0 bridgehead atoms. The van der Waals surface area contributed by atoms with Gasteiger partial charge in [0.05, 0.1) is 19.8 Å². The zero-order valence-corrected chi connectivity index (χ0v) is 10.3. The smallest absolute Gasteiger partial charge is 0.236 e. The van der Waals surface area contributed by atoms with Crippen LogP contribution in [-0.4, -0.2) is 61.7 Å². The van der Waals surface area contributed by atoms with E-state index in [1.807, 2.05) is 4.90 Å². The van der Waals surface area contributed by atoms with Crippen molar-refractivity contribution in [3.63, 3.8) is 0 Å². The fourth-order valence-corrected chi connectivity index (χ4v) is 2.11. The number of nitrogens with zero attached hydrogens (tertiary/aromatic N) is 1. The Balaban J connectivity index is 2.16. The van der Waals surface area contributed by atoms with Crippen LogP contribution in [0.25, 0.3) is 0 Å². The van der Waals surface area contributed by atoms with Crippen molar-refractivity contribution in [3.8, 4) is 0 Å². The van der Waals surface area contributed by atoms with Gasteiger partial charge in [-0.1, -0.05) is 0 Å². The first-order valence-corrected chi connectivity index (χ1v) is 6.71. The van der Waals surface area contributed by atoms with Gasteiger partial charge in [-0.25, -0.2) is 0 Å². The lowest BCUT2D eigenvalue weighted by Gasteiger charge is -2.27. The van der Waals surface area contributed by atoms with Crippen LogP contribution in [0.2, 0.25) is 0 Å². The molecule has 4 nitrogen and oxygen atoms in total. The van der Waals surface area contributed by atoms with Crippen molar-refractivity contribution < 1.29 is 9.53 Å². The highest BCUT2D eigenvalue weighted by Crippen LogP contribution is 1.98. The number of rotatable bonds is 5. The second kappa shape index (κ2) is 7.09. The largest absolute Gasteiger partial charge is 0.378 e. The van der Waals surface area contributed by atoms with E-state index in [9.17, 15) is 4.79 Å². The van der Waals surface area contributed by atoms with Crippen LogP contribution in [0.1, 0.15) is 6.92 Å². The van der Waals surface area contributed by atoms with Gasteiger partial charge >= 0.3 is 0 Å². The SMILES string of the molecule is CSCC(C)NCC(=O)N1CCOCC1. The molecule has 0 radical (unpaired) electrons. The highest BCUT2D eigenvalue weighted by molar-refractivity contribution is 7.98. The molecule has 1 fully saturated rings. The lowest BCUT2D eigenvalue weighted by Crippen LogP contribution is -2.46. The van der Waals surface area contributed by atoms with Crippen molar-refractivity contribution >= 4 is 17.7 Å². The van der Waals surface area contributed by atoms with E-state index < -0.39 is 0 Å². The number of hydrogen-bond donors (Lipinski definition) is 1. The number of amides is 1. The summed E-state index contributed by atoms with van der Waals surface area (Å²) in [5, 5.41) is 3.23. The first-order chi connectivity index (χ1) is 7.24. The van der Waals surface area contributed by atoms with Crippen molar-refractivity contribution in [2.75, 3.05) is 44.9 Å². The van der Waals surface area contributed by atoms with Gasteiger partial charge in [0.2, 0.25) is 5.91 Å². The van der Waals surface area contributed by atoms with E-state index >= 15 is 0 Å². The molecule has 0 aromatic rings. The van der Waals surface area contributed by atoms with Crippen LogP contribution in [-0.2, 0) is 9.53 Å². The van der Waals surface area contributed by atoms with E-state index in [4.69, 9.17) is 4.74 Å². The Labute approximate surface area is 95.7 Å². The van der Waals surface area contributed by atoms with Crippen LogP contribution in [0.4, 0.5) is 0 Å². The molecular formula is C10H20N2O2S. The van der Waals surface area contributed by atoms with Crippen molar-refractivity contribution in [1.82, 2.24) is 10.2 Å². The van der Waals surface area contributed by atoms with Crippen LogP contribution in [0, 0.1) is 0 Å². The number of carbonyl (C=O) groups excluding carboxylic acids is 1. The summed E-state index contributed by atoms with van der Waals surface area (Å²) in [6.45, 7) is 5.36. The summed E-state index contributed by atoms with van der Waals surface area (Å²) < 4.78 is 5.20. The maximum atomic E-state index is 11.7. The predicted molar refractivity (Wildman–Crippen MR) is 63.2 cm³/mol. The van der Waals surface area contributed by atoms with Gasteiger partial charge in [-0.15, -0.1) is 0 Å². The van der Waals surface area contributed by atoms with Crippen LogP contribution < -0.4 is 5.32 Å². The highest BCUT2D eigenvalue weighted by Gasteiger charge is 2.16. The van der Waals surface area contributed by atoms with E-state index in [1.165, 1.54) is 0 Å². The zero-order valence-electron chi connectivity index (χ0n) is 9.49. The first-order valence-electron chi connectivity index (χ1n) is 5.32. The molecule has 0 saturated carbocycles. The van der Waals surface area contributed by atoms with Gasteiger partial charge in [-0.05, 0) is 13.2 Å². The molecule has 1 saturated heterocycles. The fourth-order valence-electron chi connectivity index (χ4n) is 1.50.